The van der Waals surface area contributed by atoms with E-state index in [2.05, 4.69) is 37.3 Å². The molecule has 0 aliphatic rings. The van der Waals surface area contributed by atoms with Gasteiger partial charge in [-0.3, -0.25) is 0 Å². The minimum absolute atomic E-state index is 0.0220. The number of alkyl carbamates (subject to hydrolysis) is 2. The second-order valence-corrected chi connectivity index (χ2v) is 8.78. The number of ether oxygens (including phenoxy) is 4. The maximum Gasteiger partial charge on any atom is 0.407 e. The molecule has 0 aromatic heterocycles. The van der Waals surface area contributed by atoms with Gasteiger partial charge >= 0.3 is 18.2 Å². The quantitative estimate of drug-likeness (QED) is 0.0875. The van der Waals surface area contributed by atoms with Gasteiger partial charge in [0.05, 0.1) is 0 Å². The van der Waals surface area contributed by atoms with Gasteiger partial charge in [-0.1, -0.05) is 40.5 Å². The molecule has 188 valence electrons. The molecule has 0 radical (unpaired) electrons. The Labute approximate surface area is 197 Å². The van der Waals surface area contributed by atoms with Crippen LogP contribution in [0.4, 0.5) is 9.59 Å². The minimum atomic E-state index is -0.567. The van der Waals surface area contributed by atoms with Crippen LogP contribution in [0.25, 0.3) is 0 Å². The number of amides is 2. The molecule has 9 nitrogen and oxygen atoms in total. The van der Waals surface area contributed by atoms with E-state index in [-0.39, 0.29) is 37.4 Å². The Morgan fingerprint density at radius 2 is 1.33 bits per heavy atom. The Morgan fingerprint density at radius 1 is 0.818 bits per heavy atom. The number of rotatable bonds is 16. The summed E-state index contributed by atoms with van der Waals surface area (Å²) in [4.78, 5) is 34.8. The molecule has 0 aliphatic heterocycles. The average molecular weight is 469 g/mol. The maximum atomic E-state index is 11.8. The number of carbonyl (C=O) groups excluding carboxylic acids is 3. The molecule has 33 heavy (non-hydrogen) atoms. The molecule has 1 unspecified atom stereocenters. The molecule has 0 spiro atoms. The lowest BCUT2D eigenvalue weighted by atomic mass is 9.82. The van der Waals surface area contributed by atoms with E-state index in [9.17, 15) is 14.4 Å². The van der Waals surface area contributed by atoms with Crippen molar-refractivity contribution in [2.45, 2.75) is 47.5 Å². The van der Waals surface area contributed by atoms with Gasteiger partial charge in [0.1, 0.15) is 32.2 Å². The van der Waals surface area contributed by atoms with Crippen LogP contribution in [0.2, 0.25) is 0 Å². The highest BCUT2D eigenvalue weighted by Crippen LogP contribution is 2.26. The highest BCUT2D eigenvalue weighted by molar-refractivity contribution is 5.86. The van der Waals surface area contributed by atoms with E-state index in [4.69, 9.17) is 18.9 Å². The van der Waals surface area contributed by atoms with Crippen LogP contribution in [0.15, 0.2) is 36.6 Å². The standard InChI is InChI=1S/C24H40N2O7/c1-17(2)20(6)30-11-13-32-22(28)25-10-9-19(5)15-24(7,8)16-26-23(29)33-14-12-31-21(27)18(3)4/h19H,1,3,6,9-16H2,2,4-5,7-8H3,(H,25,28)(H,26,29). The van der Waals surface area contributed by atoms with Gasteiger partial charge in [0.2, 0.25) is 0 Å². The van der Waals surface area contributed by atoms with Crippen LogP contribution in [0.5, 0.6) is 0 Å². The van der Waals surface area contributed by atoms with Gasteiger partial charge in [-0.05, 0) is 43.6 Å². The fraction of sp³-hybridized carbons (Fsp3) is 0.625. The van der Waals surface area contributed by atoms with Crippen molar-refractivity contribution in [2.75, 3.05) is 39.5 Å². The van der Waals surface area contributed by atoms with Crippen LogP contribution in [0.1, 0.15) is 47.5 Å². The van der Waals surface area contributed by atoms with Crippen molar-refractivity contribution in [2.24, 2.45) is 11.3 Å². The molecular formula is C24H40N2O7. The summed E-state index contributed by atoms with van der Waals surface area (Å²) in [5.41, 5.74) is 0.844. The van der Waals surface area contributed by atoms with Gasteiger partial charge in [0, 0.05) is 18.7 Å². The van der Waals surface area contributed by atoms with Crippen molar-refractivity contribution < 1.29 is 33.3 Å². The third-order valence-electron chi connectivity index (χ3n) is 4.49. The van der Waals surface area contributed by atoms with Gasteiger partial charge in [-0.15, -0.1) is 0 Å². The molecule has 2 N–H and O–H groups in total. The fourth-order valence-corrected chi connectivity index (χ4v) is 2.77. The molecular weight excluding hydrogens is 428 g/mol. The smallest absolute Gasteiger partial charge is 0.407 e. The van der Waals surface area contributed by atoms with Crippen molar-refractivity contribution in [1.82, 2.24) is 10.6 Å². The molecule has 0 saturated heterocycles. The zero-order valence-electron chi connectivity index (χ0n) is 20.7. The van der Waals surface area contributed by atoms with Gasteiger partial charge in [-0.2, -0.15) is 0 Å². The maximum absolute atomic E-state index is 11.8. The number of hydrogen-bond acceptors (Lipinski definition) is 7. The molecule has 0 rings (SSSR count). The Balaban J connectivity index is 3.96. The van der Waals surface area contributed by atoms with Gasteiger partial charge in [0.25, 0.3) is 0 Å². The predicted octanol–water partition coefficient (Wildman–Crippen LogP) is 4.11. The van der Waals surface area contributed by atoms with E-state index in [1.165, 1.54) is 0 Å². The summed E-state index contributed by atoms with van der Waals surface area (Å²) in [6.45, 7) is 21.6. The zero-order valence-corrected chi connectivity index (χ0v) is 20.7. The third kappa shape index (κ3) is 16.3. The van der Waals surface area contributed by atoms with Crippen LogP contribution in [-0.4, -0.2) is 57.7 Å². The van der Waals surface area contributed by atoms with Crippen LogP contribution in [-0.2, 0) is 23.7 Å². The van der Waals surface area contributed by atoms with Crippen LogP contribution in [0.3, 0.4) is 0 Å². The molecule has 9 heteroatoms. The van der Waals surface area contributed by atoms with Crippen molar-refractivity contribution in [3.05, 3.63) is 36.6 Å². The van der Waals surface area contributed by atoms with Crippen LogP contribution < -0.4 is 10.6 Å². The number of nitrogens with one attached hydrogen (secondary N) is 2. The first-order valence-electron chi connectivity index (χ1n) is 11.0. The van der Waals surface area contributed by atoms with E-state index in [1.54, 1.807) is 13.8 Å². The Bertz CT molecular complexity index is 701. The topological polar surface area (TPSA) is 112 Å². The van der Waals surface area contributed by atoms with E-state index < -0.39 is 18.2 Å². The van der Waals surface area contributed by atoms with E-state index in [0.29, 0.717) is 24.8 Å². The predicted molar refractivity (Wildman–Crippen MR) is 127 cm³/mol. The fourth-order valence-electron chi connectivity index (χ4n) is 2.77. The lowest BCUT2D eigenvalue weighted by molar-refractivity contribution is -0.139. The van der Waals surface area contributed by atoms with Crippen molar-refractivity contribution in [3.8, 4) is 0 Å². The Kier molecular flexibility index (Phi) is 14.4. The summed E-state index contributed by atoms with van der Waals surface area (Å²) in [5, 5.41) is 5.44. The van der Waals surface area contributed by atoms with Crippen molar-refractivity contribution in [1.29, 1.82) is 0 Å². The third-order valence-corrected chi connectivity index (χ3v) is 4.49. The summed E-state index contributed by atoms with van der Waals surface area (Å²) in [7, 11) is 0. The first-order chi connectivity index (χ1) is 15.3. The lowest BCUT2D eigenvalue weighted by Crippen LogP contribution is -2.36. The van der Waals surface area contributed by atoms with Crippen molar-refractivity contribution >= 4 is 18.2 Å². The number of hydrogen-bond donors (Lipinski definition) is 2. The second-order valence-electron chi connectivity index (χ2n) is 8.78. The van der Waals surface area contributed by atoms with Crippen molar-refractivity contribution in [3.63, 3.8) is 0 Å². The summed E-state index contributed by atoms with van der Waals surface area (Å²) in [5.74, 6) is 0.264. The van der Waals surface area contributed by atoms with E-state index in [0.717, 1.165) is 18.4 Å². The molecule has 0 aliphatic carbocycles. The number of esters is 1. The molecule has 0 fully saturated rings. The summed E-state index contributed by atoms with van der Waals surface area (Å²) >= 11 is 0. The summed E-state index contributed by atoms with van der Waals surface area (Å²) in [6.07, 6.45) is 0.531. The lowest BCUT2D eigenvalue weighted by Gasteiger charge is -2.28. The number of allylic oxidation sites excluding steroid dienone is 1. The highest BCUT2D eigenvalue weighted by atomic mass is 16.6. The molecule has 0 saturated carbocycles. The monoisotopic (exact) mass is 468 g/mol. The molecule has 0 bridgehead atoms. The largest absolute Gasteiger partial charge is 0.490 e. The van der Waals surface area contributed by atoms with Gasteiger partial charge in [-0.25, -0.2) is 14.4 Å². The normalized spacial score (nSPS) is 11.5. The molecule has 0 aromatic rings. The summed E-state index contributed by atoms with van der Waals surface area (Å²) in [6, 6.07) is 0. The van der Waals surface area contributed by atoms with Crippen LogP contribution >= 0.6 is 0 Å². The first kappa shape index (κ1) is 30.0. The van der Waals surface area contributed by atoms with Gasteiger partial charge < -0.3 is 29.6 Å². The molecule has 0 heterocycles. The summed E-state index contributed by atoms with van der Waals surface area (Å²) < 4.78 is 20.2. The number of carbonyl (C=O) groups is 3. The highest BCUT2D eigenvalue weighted by Gasteiger charge is 2.22. The molecule has 2 amide bonds. The Morgan fingerprint density at radius 3 is 1.88 bits per heavy atom. The van der Waals surface area contributed by atoms with E-state index in [1.807, 2.05) is 13.8 Å². The van der Waals surface area contributed by atoms with Crippen LogP contribution in [0, 0.1) is 11.3 Å². The zero-order chi connectivity index (χ0) is 25.4. The second kappa shape index (κ2) is 15.8. The molecule has 1 atom stereocenters. The van der Waals surface area contributed by atoms with Gasteiger partial charge in [0.15, 0.2) is 0 Å². The Hall–Kier alpha value is -2.97. The molecule has 0 aromatic carbocycles. The minimum Gasteiger partial charge on any atom is -0.490 e. The SMILES string of the molecule is C=C(C)C(=C)OCCOC(=O)NCCC(C)CC(C)(C)CNC(=O)OCCOC(=O)C(=C)C. The average Bonchev–Trinajstić information content (AvgIpc) is 2.71. The van der Waals surface area contributed by atoms with E-state index >= 15 is 0 Å². The first-order valence-corrected chi connectivity index (χ1v) is 11.0.